The largest absolute Gasteiger partial charge is 0.314 e. The van der Waals surface area contributed by atoms with Gasteiger partial charge < -0.3 is 5.32 Å². The first kappa shape index (κ1) is 13.8. The third kappa shape index (κ3) is 3.67. The molecule has 0 aromatic heterocycles. The number of hydrogen-bond acceptors (Lipinski definition) is 3. The van der Waals surface area contributed by atoms with Crippen LogP contribution in [0.3, 0.4) is 0 Å². The topological polar surface area (TPSA) is 46.2 Å². The molecule has 1 aromatic rings. The van der Waals surface area contributed by atoms with Crippen LogP contribution in [0, 0.1) is 5.82 Å². The Morgan fingerprint density at radius 3 is 2.72 bits per heavy atom. The van der Waals surface area contributed by atoms with E-state index in [1.54, 1.807) is 0 Å². The van der Waals surface area contributed by atoms with E-state index in [0.29, 0.717) is 19.0 Å². The van der Waals surface area contributed by atoms with Crippen molar-refractivity contribution < 1.29 is 12.8 Å². The maximum atomic E-state index is 13.0. The predicted molar refractivity (Wildman–Crippen MR) is 69.1 cm³/mol. The molecule has 100 valence electrons. The van der Waals surface area contributed by atoms with Crippen LogP contribution >= 0.6 is 11.6 Å². The van der Waals surface area contributed by atoms with E-state index in [9.17, 15) is 12.8 Å². The summed E-state index contributed by atoms with van der Waals surface area (Å²) in [6.07, 6.45) is 2.91. The van der Waals surface area contributed by atoms with Crippen molar-refractivity contribution in [3.63, 3.8) is 0 Å². The summed E-state index contributed by atoms with van der Waals surface area (Å²) < 4.78 is 36.8. The Kier molecular flexibility index (Phi) is 4.25. The van der Waals surface area contributed by atoms with Gasteiger partial charge in [-0.2, -0.15) is 0 Å². The molecule has 0 saturated heterocycles. The summed E-state index contributed by atoms with van der Waals surface area (Å²) in [5.74, 6) is -0.555. The van der Waals surface area contributed by atoms with E-state index in [0.717, 1.165) is 6.07 Å². The van der Waals surface area contributed by atoms with E-state index in [1.165, 1.54) is 25.0 Å². The van der Waals surface area contributed by atoms with Gasteiger partial charge in [-0.05, 0) is 44.0 Å². The summed E-state index contributed by atoms with van der Waals surface area (Å²) in [5.41, 5.74) is 0. The average molecular weight is 292 g/mol. The number of sulfone groups is 1. The standard InChI is InChI=1S/C12H15ClFNO2S/c13-11-8-10(4-5-12(11)14)18(16,17)7-1-6-15-9-2-3-9/h4-5,8-9,15H,1-3,6-7H2. The van der Waals surface area contributed by atoms with E-state index in [4.69, 9.17) is 11.6 Å². The quantitative estimate of drug-likeness (QED) is 0.647. The normalized spacial score (nSPS) is 15.9. The van der Waals surface area contributed by atoms with Crippen LogP contribution in [0.15, 0.2) is 23.1 Å². The maximum absolute atomic E-state index is 13.0. The molecule has 18 heavy (non-hydrogen) atoms. The number of halogens is 2. The van der Waals surface area contributed by atoms with Gasteiger partial charge in [-0.25, -0.2) is 12.8 Å². The molecule has 2 rings (SSSR count). The first-order valence-corrected chi connectivity index (χ1v) is 7.93. The van der Waals surface area contributed by atoms with Crippen LogP contribution in [-0.4, -0.2) is 26.8 Å². The van der Waals surface area contributed by atoms with Crippen molar-refractivity contribution >= 4 is 21.4 Å². The van der Waals surface area contributed by atoms with Crippen molar-refractivity contribution in [3.8, 4) is 0 Å². The highest BCUT2D eigenvalue weighted by Crippen LogP contribution is 2.21. The molecular weight excluding hydrogens is 277 g/mol. The van der Waals surface area contributed by atoms with Crippen molar-refractivity contribution in [1.82, 2.24) is 5.32 Å². The molecule has 0 unspecified atom stereocenters. The minimum absolute atomic E-state index is 0.0503. The Balaban J connectivity index is 1.93. The van der Waals surface area contributed by atoms with Gasteiger partial charge in [-0.15, -0.1) is 0 Å². The first-order chi connectivity index (χ1) is 8.49. The highest BCUT2D eigenvalue weighted by Gasteiger charge is 2.20. The fourth-order valence-corrected chi connectivity index (χ4v) is 3.22. The highest BCUT2D eigenvalue weighted by atomic mass is 35.5. The Morgan fingerprint density at radius 1 is 1.39 bits per heavy atom. The molecule has 0 amide bonds. The van der Waals surface area contributed by atoms with Crippen molar-refractivity contribution in [3.05, 3.63) is 29.0 Å². The lowest BCUT2D eigenvalue weighted by molar-refractivity contribution is 0.587. The number of nitrogens with one attached hydrogen (secondary N) is 1. The van der Waals surface area contributed by atoms with Gasteiger partial charge in [-0.1, -0.05) is 11.6 Å². The summed E-state index contributed by atoms with van der Waals surface area (Å²) in [6, 6.07) is 4.08. The predicted octanol–water partition coefficient (Wildman–Crippen LogP) is 2.39. The molecule has 0 heterocycles. The molecule has 1 aliphatic carbocycles. The molecule has 1 aromatic carbocycles. The Labute approximate surface area is 111 Å². The van der Waals surface area contributed by atoms with Gasteiger partial charge in [0.05, 0.1) is 15.7 Å². The van der Waals surface area contributed by atoms with Crippen LogP contribution < -0.4 is 5.32 Å². The molecule has 1 fully saturated rings. The Bertz CT molecular complexity index is 529. The zero-order valence-electron chi connectivity index (χ0n) is 9.83. The van der Waals surface area contributed by atoms with E-state index >= 15 is 0 Å². The molecule has 1 saturated carbocycles. The van der Waals surface area contributed by atoms with Crippen LogP contribution in [0.2, 0.25) is 5.02 Å². The van der Waals surface area contributed by atoms with Crippen LogP contribution in [0.4, 0.5) is 4.39 Å². The van der Waals surface area contributed by atoms with Gasteiger partial charge in [0.2, 0.25) is 0 Å². The van der Waals surface area contributed by atoms with E-state index in [1.807, 2.05) is 0 Å². The molecule has 0 aliphatic heterocycles. The number of hydrogen-bond donors (Lipinski definition) is 1. The van der Waals surface area contributed by atoms with Gasteiger partial charge in [0.25, 0.3) is 0 Å². The molecule has 6 heteroatoms. The van der Waals surface area contributed by atoms with Gasteiger partial charge in [0.15, 0.2) is 9.84 Å². The smallest absolute Gasteiger partial charge is 0.178 e. The van der Waals surface area contributed by atoms with Crippen molar-refractivity contribution in [2.24, 2.45) is 0 Å². The van der Waals surface area contributed by atoms with Gasteiger partial charge in [0.1, 0.15) is 5.82 Å². The van der Waals surface area contributed by atoms with Crippen LogP contribution in [0.1, 0.15) is 19.3 Å². The van der Waals surface area contributed by atoms with E-state index in [-0.39, 0.29) is 15.7 Å². The van der Waals surface area contributed by atoms with E-state index in [2.05, 4.69) is 5.32 Å². The Hall–Kier alpha value is -0.650. The average Bonchev–Trinajstić information content (AvgIpc) is 3.12. The van der Waals surface area contributed by atoms with Crippen LogP contribution in [0.25, 0.3) is 0 Å². The molecule has 1 N–H and O–H groups in total. The van der Waals surface area contributed by atoms with Gasteiger partial charge >= 0.3 is 0 Å². The molecule has 0 radical (unpaired) electrons. The zero-order chi connectivity index (χ0) is 13.2. The SMILES string of the molecule is O=S(=O)(CCCNC1CC1)c1ccc(F)c(Cl)c1. The number of rotatable bonds is 6. The zero-order valence-corrected chi connectivity index (χ0v) is 11.4. The van der Waals surface area contributed by atoms with Crippen molar-refractivity contribution in [1.29, 1.82) is 0 Å². The monoisotopic (exact) mass is 291 g/mol. The summed E-state index contributed by atoms with van der Waals surface area (Å²) in [5, 5.41) is 3.09. The lowest BCUT2D eigenvalue weighted by Gasteiger charge is -2.06. The van der Waals surface area contributed by atoms with E-state index < -0.39 is 15.7 Å². The molecular formula is C12H15ClFNO2S. The van der Waals surface area contributed by atoms with Gasteiger partial charge in [0, 0.05) is 6.04 Å². The maximum Gasteiger partial charge on any atom is 0.178 e. The third-order valence-electron chi connectivity index (χ3n) is 2.85. The fourth-order valence-electron chi connectivity index (χ4n) is 1.64. The second-order valence-corrected chi connectivity index (χ2v) is 6.99. The Morgan fingerprint density at radius 2 is 2.11 bits per heavy atom. The lowest BCUT2D eigenvalue weighted by Crippen LogP contribution is -2.20. The molecule has 0 spiro atoms. The molecule has 0 bridgehead atoms. The number of benzene rings is 1. The minimum Gasteiger partial charge on any atom is -0.314 e. The van der Waals surface area contributed by atoms with Crippen molar-refractivity contribution in [2.75, 3.05) is 12.3 Å². The summed E-state index contributed by atoms with van der Waals surface area (Å²) in [7, 11) is -3.37. The summed E-state index contributed by atoms with van der Waals surface area (Å²) in [4.78, 5) is 0.0836. The van der Waals surface area contributed by atoms with Gasteiger partial charge in [-0.3, -0.25) is 0 Å². The second-order valence-electron chi connectivity index (χ2n) is 4.48. The third-order valence-corrected chi connectivity index (χ3v) is 4.94. The first-order valence-electron chi connectivity index (χ1n) is 5.90. The second kappa shape index (κ2) is 5.55. The highest BCUT2D eigenvalue weighted by molar-refractivity contribution is 7.91. The summed E-state index contributed by atoms with van der Waals surface area (Å²) >= 11 is 5.58. The van der Waals surface area contributed by atoms with Crippen molar-refractivity contribution in [2.45, 2.75) is 30.2 Å². The minimum atomic E-state index is -3.37. The molecule has 0 atom stereocenters. The molecule has 3 nitrogen and oxygen atoms in total. The summed E-state index contributed by atoms with van der Waals surface area (Å²) in [6.45, 7) is 0.693. The fraction of sp³-hybridized carbons (Fsp3) is 0.500. The molecule has 1 aliphatic rings. The van der Waals surface area contributed by atoms with Crippen LogP contribution in [0.5, 0.6) is 0 Å². The lowest BCUT2D eigenvalue weighted by atomic mass is 10.3. The van der Waals surface area contributed by atoms with Crippen LogP contribution in [-0.2, 0) is 9.84 Å².